The molecule has 0 spiro atoms. The summed E-state index contributed by atoms with van der Waals surface area (Å²) in [5, 5.41) is 63.6. The highest BCUT2D eigenvalue weighted by Crippen LogP contribution is 2.45. The van der Waals surface area contributed by atoms with Gasteiger partial charge in [-0.1, -0.05) is 84.9 Å². The van der Waals surface area contributed by atoms with Crippen molar-refractivity contribution in [3.05, 3.63) is 140 Å². The number of phenolic OH excluding ortho intramolecular Hbond substituents is 5. The Balaban J connectivity index is 1.03. The molecule has 0 saturated carbocycles. The molecule has 2 aromatic heterocycles. The molecule has 0 fully saturated rings. The number of hydrogen-bond donors (Lipinski definition) is 5. The number of ether oxygens (including phenoxy) is 3. The molecule has 0 atom stereocenters. The first-order valence-corrected chi connectivity index (χ1v) is 20.5. The summed E-state index contributed by atoms with van der Waals surface area (Å²) in [6.07, 6.45) is 0. The zero-order valence-corrected chi connectivity index (χ0v) is 34.9. The standard InChI is InChI=1S/C52H34N6O8/c1-64-51-55-47(53-49(57-51)45-40(60)20-29(59)21-41(45)61)39-25-38-32-12-6-3-9-26(32)15-17-35(38)37-22-30(16-18-36(37)39)66-31-23-42(62)46(43(63)24-31)50-54-48(56-52(58-50)65-2)44-33-13-7-4-10-27(33)19-28-11-5-8-14-34(28)44/h3-25,59-63H,1-2H3. The lowest BCUT2D eigenvalue weighted by Crippen LogP contribution is -2.02. The SMILES string of the molecule is COc1nc(-c2c(O)cc(Oc3ccc4c(-c5nc(OC)nc(-c6c(O)cc(O)cc6O)n5)cc5c6ccccc6ccc5c4c3)cc2O)nc(-c2c3ccccc3cc3ccccc23)n1. The Morgan fingerprint density at radius 1 is 0.348 bits per heavy atom. The van der Waals surface area contributed by atoms with Crippen molar-refractivity contribution in [1.82, 2.24) is 29.9 Å². The fourth-order valence-electron chi connectivity index (χ4n) is 8.58. The van der Waals surface area contributed by atoms with E-state index in [-0.39, 0.29) is 63.6 Å². The van der Waals surface area contributed by atoms with E-state index in [1.54, 1.807) is 6.07 Å². The predicted molar refractivity (Wildman–Crippen MR) is 250 cm³/mol. The average molecular weight is 871 g/mol. The minimum absolute atomic E-state index is 0.00911. The number of aromatic nitrogens is 6. The number of benzene rings is 9. The molecule has 66 heavy (non-hydrogen) atoms. The van der Waals surface area contributed by atoms with Crippen molar-refractivity contribution >= 4 is 53.9 Å². The smallest absolute Gasteiger partial charge is 0.320 e. The van der Waals surface area contributed by atoms with E-state index in [0.717, 1.165) is 66.2 Å². The van der Waals surface area contributed by atoms with Crippen LogP contribution >= 0.6 is 0 Å². The summed E-state index contributed by atoms with van der Waals surface area (Å²) in [4.78, 5) is 27.5. The molecule has 0 bridgehead atoms. The van der Waals surface area contributed by atoms with Crippen molar-refractivity contribution in [3.8, 4) is 97.8 Å². The molecule has 5 N–H and O–H groups in total. The second-order valence-electron chi connectivity index (χ2n) is 15.4. The van der Waals surface area contributed by atoms with Gasteiger partial charge in [-0.2, -0.15) is 19.9 Å². The summed E-state index contributed by atoms with van der Waals surface area (Å²) in [5.74, 6) is -1.06. The van der Waals surface area contributed by atoms with Crippen LogP contribution in [-0.4, -0.2) is 69.7 Å². The van der Waals surface area contributed by atoms with Crippen molar-refractivity contribution in [2.75, 3.05) is 14.2 Å². The van der Waals surface area contributed by atoms with Gasteiger partial charge in [-0.15, -0.1) is 0 Å². The number of nitrogens with zero attached hydrogens (tertiary/aromatic N) is 6. The zero-order valence-electron chi connectivity index (χ0n) is 34.9. The fraction of sp³-hybridized carbons (Fsp3) is 0.0385. The molecular weight excluding hydrogens is 837 g/mol. The second kappa shape index (κ2) is 15.5. The third-order valence-electron chi connectivity index (χ3n) is 11.5. The molecule has 14 nitrogen and oxygen atoms in total. The van der Waals surface area contributed by atoms with Crippen molar-refractivity contribution in [2.45, 2.75) is 0 Å². The summed E-state index contributed by atoms with van der Waals surface area (Å²) in [6, 6.07) is 42.1. The largest absolute Gasteiger partial charge is 0.508 e. The van der Waals surface area contributed by atoms with Gasteiger partial charge in [-0.25, -0.2) is 9.97 Å². The van der Waals surface area contributed by atoms with Gasteiger partial charge in [0, 0.05) is 35.4 Å². The van der Waals surface area contributed by atoms with Crippen LogP contribution in [0.1, 0.15) is 0 Å². The monoisotopic (exact) mass is 870 g/mol. The van der Waals surface area contributed by atoms with E-state index in [2.05, 4.69) is 26.0 Å². The van der Waals surface area contributed by atoms with E-state index in [4.69, 9.17) is 24.2 Å². The topological polar surface area (TPSA) is 206 Å². The van der Waals surface area contributed by atoms with E-state index < -0.39 is 11.5 Å². The molecule has 0 radical (unpaired) electrons. The molecule has 0 aliphatic rings. The molecule has 320 valence electrons. The minimum Gasteiger partial charge on any atom is -0.508 e. The zero-order chi connectivity index (χ0) is 45.2. The fourth-order valence-corrected chi connectivity index (χ4v) is 8.58. The summed E-state index contributed by atoms with van der Waals surface area (Å²) in [7, 11) is 2.83. The maximum absolute atomic E-state index is 11.6. The van der Waals surface area contributed by atoms with Crippen LogP contribution in [0.3, 0.4) is 0 Å². The van der Waals surface area contributed by atoms with E-state index in [1.807, 2.05) is 103 Å². The van der Waals surface area contributed by atoms with Gasteiger partial charge in [-0.3, -0.25) is 0 Å². The molecule has 0 amide bonds. The number of phenols is 5. The van der Waals surface area contributed by atoms with Crippen LogP contribution in [0.5, 0.6) is 52.3 Å². The molecule has 9 aromatic carbocycles. The summed E-state index contributed by atoms with van der Waals surface area (Å²) >= 11 is 0. The van der Waals surface area contributed by atoms with Crippen molar-refractivity contribution in [3.63, 3.8) is 0 Å². The predicted octanol–water partition coefficient (Wildman–Crippen LogP) is 10.8. The Hall–Kier alpha value is -9.30. The molecule has 0 aliphatic heterocycles. The third kappa shape index (κ3) is 6.68. The highest BCUT2D eigenvalue weighted by molar-refractivity contribution is 6.21. The quantitative estimate of drug-likeness (QED) is 0.0712. The lowest BCUT2D eigenvalue weighted by atomic mass is 9.93. The van der Waals surface area contributed by atoms with Crippen LogP contribution in [-0.2, 0) is 0 Å². The van der Waals surface area contributed by atoms with E-state index in [9.17, 15) is 25.5 Å². The summed E-state index contributed by atoms with van der Waals surface area (Å²) < 4.78 is 17.4. The first kappa shape index (κ1) is 39.5. The second-order valence-corrected chi connectivity index (χ2v) is 15.4. The summed E-state index contributed by atoms with van der Waals surface area (Å²) in [6.45, 7) is 0. The van der Waals surface area contributed by atoms with Crippen molar-refractivity contribution in [2.24, 2.45) is 0 Å². The third-order valence-corrected chi connectivity index (χ3v) is 11.5. The molecule has 0 unspecified atom stereocenters. The van der Waals surface area contributed by atoms with Crippen LogP contribution in [0.4, 0.5) is 0 Å². The van der Waals surface area contributed by atoms with Gasteiger partial charge in [0.25, 0.3) is 0 Å². The Morgan fingerprint density at radius 3 is 1.44 bits per heavy atom. The molecule has 0 saturated heterocycles. The molecular formula is C52H34N6O8. The van der Waals surface area contributed by atoms with Gasteiger partial charge in [-0.05, 0) is 84.2 Å². The Morgan fingerprint density at radius 2 is 0.833 bits per heavy atom. The Labute approximate surface area is 373 Å². The number of fused-ring (bicyclic) bond motifs is 7. The van der Waals surface area contributed by atoms with Gasteiger partial charge in [0.15, 0.2) is 23.3 Å². The van der Waals surface area contributed by atoms with Crippen LogP contribution in [0.25, 0.3) is 99.4 Å². The van der Waals surface area contributed by atoms with Gasteiger partial charge in [0.1, 0.15) is 51.4 Å². The molecule has 11 aromatic rings. The Kier molecular flexibility index (Phi) is 9.28. The lowest BCUT2D eigenvalue weighted by molar-refractivity contribution is 0.378. The molecule has 14 heteroatoms. The Bertz CT molecular complexity index is 3710. The molecule has 11 rings (SSSR count). The van der Waals surface area contributed by atoms with E-state index >= 15 is 0 Å². The number of hydrogen-bond acceptors (Lipinski definition) is 14. The van der Waals surface area contributed by atoms with Crippen molar-refractivity contribution in [1.29, 1.82) is 0 Å². The van der Waals surface area contributed by atoms with Crippen molar-refractivity contribution < 1.29 is 39.7 Å². The first-order chi connectivity index (χ1) is 32.1. The molecule has 2 heterocycles. The van der Waals surface area contributed by atoms with Gasteiger partial charge >= 0.3 is 12.0 Å². The van der Waals surface area contributed by atoms with Crippen LogP contribution in [0.15, 0.2) is 140 Å². The first-order valence-electron chi connectivity index (χ1n) is 20.5. The van der Waals surface area contributed by atoms with Crippen LogP contribution in [0, 0.1) is 0 Å². The summed E-state index contributed by atoms with van der Waals surface area (Å²) in [5.41, 5.74) is 1.15. The highest BCUT2D eigenvalue weighted by atomic mass is 16.5. The average Bonchev–Trinajstić information content (AvgIpc) is 3.32. The highest BCUT2D eigenvalue weighted by Gasteiger charge is 2.24. The normalized spacial score (nSPS) is 11.5. The minimum atomic E-state index is -0.444. The molecule has 0 aliphatic carbocycles. The maximum Gasteiger partial charge on any atom is 0.320 e. The lowest BCUT2D eigenvalue weighted by Gasteiger charge is -2.16. The van der Waals surface area contributed by atoms with Gasteiger partial charge in [0.2, 0.25) is 0 Å². The van der Waals surface area contributed by atoms with Crippen LogP contribution < -0.4 is 14.2 Å². The van der Waals surface area contributed by atoms with Gasteiger partial charge in [0.05, 0.1) is 14.2 Å². The van der Waals surface area contributed by atoms with Crippen LogP contribution in [0.2, 0.25) is 0 Å². The van der Waals surface area contributed by atoms with E-state index in [1.165, 1.54) is 26.4 Å². The number of aromatic hydroxyl groups is 5. The van der Waals surface area contributed by atoms with E-state index in [0.29, 0.717) is 22.5 Å². The number of rotatable bonds is 8. The maximum atomic E-state index is 11.6. The number of methoxy groups -OCH3 is 2. The van der Waals surface area contributed by atoms with Gasteiger partial charge < -0.3 is 39.7 Å².